The summed E-state index contributed by atoms with van der Waals surface area (Å²) in [5.74, 6) is -0.712. The van der Waals surface area contributed by atoms with Crippen LogP contribution in [0.1, 0.15) is 17.9 Å². The lowest BCUT2D eigenvalue weighted by atomic mass is 9.95. The number of aliphatic hydroxyl groups is 1. The van der Waals surface area contributed by atoms with E-state index < -0.39 is 18.2 Å². The lowest BCUT2D eigenvalue weighted by Crippen LogP contribution is -2.51. The average Bonchev–Trinajstić information content (AvgIpc) is 2.79. The van der Waals surface area contributed by atoms with E-state index in [-0.39, 0.29) is 5.69 Å². The maximum atomic E-state index is 12.3. The minimum atomic E-state index is -4.51. The second-order valence-electron chi connectivity index (χ2n) is 4.72. The van der Waals surface area contributed by atoms with Crippen LogP contribution in [-0.4, -0.2) is 34.5 Å². The van der Waals surface area contributed by atoms with E-state index in [1.54, 1.807) is 6.08 Å². The Bertz CT molecular complexity index is 490. The molecule has 0 bridgehead atoms. The van der Waals surface area contributed by atoms with Crippen LogP contribution < -0.4 is 0 Å². The Morgan fingerprint density at radius 3 is 2.80 bits per heavy atom. The molecule has 1 unspecified atom stereocenters. The minimum Gasteiger partial charge on any atom is -0.375 e. The van der Waals surface area contributed by atoms with E-state index in [1.165, 1.54) is 12.2 Å². The van der Waals surface area contributed by atoms with Crippen LogP contribution >= 0.6 is 0 Å². The van der Waals surface area contributed by atoms with E-state index in [0.717, 1.165) is 19.2 Å². The quantitative estimate of drug-likeness (QED) is 0.846. The number of nitrogens with zero attached hydrogens (tertiary/aromatic N) is 2. The zero-order valence-corrected chi connectivity index (χ0v) is 10.7. The van der Waals surface area contributed by atoms with Gasteiger partial charge >= 0.3 is 6.18 Å². The molecule has 1 aromatic rings. The molecule has 1 aromatic heterocycles. The van der Waals surface area contributed by atoms with Crippen molar-refractivity contribution in [2.75, 3.05) is 13.1 Å². The number of alkyl halides is 3. The molecule has 0 aromatic carbocycles. The lowest BCUT2D eigenvalue weighted by Gasteiger charge is -2.40. The number of aromatic nitrogens is 1. The summed E-state index contributed by atoms with van der Waals surface area (Å²) in [5.41, 5.74) is 0.152. The molecule has 20 heavy (non-hydrogen) atoms. The summed E-state index contributed by atoms with van der Waals surface area (Å²) < 4.78 is 41.0. The first kappa shape index (κ1) is 14.8. The van der Waals surface area contributed by atoms with Crippen LogP contribution in [0.3, 0.4) is 0 Å². The third kappa shape index (κ3) is 3.49. The van der Waals surface area contributed by atoms with Crippen LogP contribution in [0.2, 0.25) is 0 Å². The van der Waals surface area contributed by atoms with Gasteiger partial charge in [-0.1, -0.05) is 17.8 Å². The van der Waals surface area contributed by atoms with Gasteiger partial charge in [0, 0.05) is 19.2 Å². The maximum absolute atomic E-state index is 12.3. The van der Waals surface area contributed by atoms with Crippen molar-refractivity contribution in [2.45, 2.75) is 18.8 Å². The molecule has 1 atom stereocenters. The number of halogens is 3. The van der Waals surface area contributed by atoms with Crippen molar-refractivity contribution in [3.63, 3.8) is 0 Å². The largest absolute Gasteiger partial charge is 0.452 e. The minimum absolute atomic E-state index is 0.152. The molecule has 0 saturated carbocycles. The maximum Gasteiger partial charge on any atom is 0.452 e. The average molecular weight is 288 g/mol. The van der Waals surface area contributed by atoms with Gasteiger partial charge in [-0.3, -0.25) is 4.90 Å². The summed E-state index contributed by atoms with van der Waals surface area (Å²) in [5, 5.41) is 12.8. The first-order valence-electron chi connectivity index (χ1n) is 6.15. The van der Waals surface area contributed by atoms with Crippen LogP contribution in [0.25, 0.3) is 6.08 Å². The summed E-state index contributed by atoms with van der Waals surface area (Å²) in [7, 11) is 0. The van der Waals surface area contributed by atoms with Crippen LogP contribution in [0, 0.1) is 5.92 Å². The summed E-state index contributed by atoms with van der Waals surface area (Å²) in [4.78, 5) is 1.85. The molecular formula is C13H15F3N2O2. The zero-order chi connectivity index (χ0) is 14.8. The van der Waals surface area contributed by atoms with E-state index in [9.17, 15) is 18.3 Å². The smallest absolute Gasteiger partial charge is 0.375 e. The number of hydrogen-bond acceptors (Lipinski definition) is 4. The molecule has 1 saturated heterocycles. The molecule has 110 valence electrons. The highest BCUT2D eigenvalue weighted by Gasteiger charge is 2.35. The van der Waals surface area contributed by atoms with Gasteiger partial charge < -0.3 is 9.63 Å². The van der Waals surface area contributed by atoms with E-state index in [4.69, 9.17) is 0 Å². The van der Waals surface area contributed by atoms with Crippen LogP contribution in [0.15, 0.2) is 29.3 Å². The van der Waals surface area contributed by atoms with Gasteiger partial charge in [-0.15, -0.1) is 0 Å². The van der Waals surface area contributed by atoms with E-state index in [0.29, 0.717) is 12.3 Å². The monoisotopic (exact) mass is 288 g/mol. The molecule has 1 N–H and O–H groups in total. The molecule has 2 rings (SSSR count). The predicted molar refractivity (Wildman–Crippen MR) is 66.4 cm³/mol. The van der Waals surface area contributed by atoms with Gasteiger partial charge in [-0.05, 0) is 24.5 Å². The molecule has 0 spiro atoms. The number of likely N-dealkylation sites (tertiary alicyclic amines) is 1. The molecule has 1 aliphatic heterocycles. The summed E-state index contributed by atoms with van der Waals surface area (Å²) in [6.45, 7) is 4.98. The molecular weight excluding hydrogens is 273 g/mol. The highest BCUT2D eigenvalue weighted by molar-refractivity contribution is 5.44. The Balaban J connectivity index is 1.78. The third-order valence-electron chi connectivity index (χ3n) is 3.14. The molecule has 7 heteroatoms. The van der Waals surface area contributed by atoms with Gasteiger partial charge in [-0.25, -0.2) is 0 Å². The Hall–Kier alpha value is -1.60. The van der Waals surface area contributed by atoms with Gasteiger partial charge in [0.15, 0.2) is 0 Å². The highest BCUT2D eigenvalue weighted by Crippen LogP contribution is 2.30. The van der Waals surface area contributed by atoms with Crippen LogP contribution in [0.4, 0.5) is 13.2 Å². The standard InChI is InChI=1S/C13H15F3N2O2/c1-2-12(19)18-7-9(8-18)4-3-5-10-6-11(20-17-10)13(14,15)16/h2-3,5-6,9,12,19H,1,4,7-8H2/b5-3-. The lowest BCUT2D eigenvalue weighted by molar-refractivity contribution is -0.155. The zero-order valence-electron chi connectivity index (χ0n) is 10.7. The van der Waals surface area contributed by atoms with Gasteiger partial charge in [0.1, 0.15) is 11.9 Å². The number of allylic oxidation sites excluding steroid dienone is 1. The molecule has 0 aliphatic carbocycles. The normalized spacial score (nSPS) is 19.2. The fourth-order valence-electron chi connectivity index (χ4n) is 2.01. The van der Waals surface area contributed by atoms with Crippen LogP contribution in [-0.2, 0) is 6.18 Å². The Kier molecular flexibility index (Phi) is 4.29. The predicted octanol–water partition coefficient (Wildman–Crippen LogP) is 2.53. The summed E-state index contributed by atoms with van der Waals surface area (Å²) in [6.07, 6.45) is 0.314. The number of aliphatic hydroxyl groups excluding tert-OH is 1. The SMILES string of the molecule is C=CC(O)N1CC(C/C=C\c2cc(C(F)(F)F)on2)C1. The number of hydrogen-bond donors (Lipinski definition) is 1. The van der Waals surface area contributed by atoms with Crippen molar-refractivity contribution in [1.29, 1.82) is 0 Å². The number of rotatable bonds is 5. The summed E-state index contributed by atoms with van der Waals surface area (Å²) in [6, 6.07) is 0.866. The molecule has 1 fully saturated rings. The molecule has 1 aliphatic rings. The molecule has 4 nitrogen and oxygen atoms in total. The van der Waals surface area contributed by atoms with Crippen molar-refractivity contribution < 1.29 is 22.8 Å². The highest BCUT2D eigenvalue weighted by atomic mass is 19.4. The van der Waals surface area contributed by atoms with Gasteiger partial charge in [0.05, 0.1) is 0 Å². The van der Waals surface area contributed by atoms with Gasteiger partial charge in [0.2, 0.25) is 5.76 Å². The fraction of sp³-hybridized carbons (Fsp3) is 0.462. The van der Waals surface area contributed by atoms with Crippen molar-refractivity contribution in [3.05, 3.63) is 36.3 Å². The molecule has 0 radical (unpaired) electrons. The third-order valence-corrected chi connectivity index (χ3v) is 3.14. The van der Waals surface area contributed by atoms with Crippen molar-refractivity contribution in [3.8, 4) is 0 Å². The van der Waals surface area contributed by atoms with E-state index in [2.05, 4.69) is 16.3 Å². The Morgan fingerprint density at radius 2 is 2.25 bits per heavy atom. The molecule has 0 amide bonds. The Labute approximate surface area is 114 Å². The topological polar surface area (TPSA) is 49.5 Å². The van der Waals surface area contributed by atoms with Crippen LogP contribution in [0.5, 0.6) is 0 Å². The van der Waals surface area contributed by atoms with Crippen molar-refractivity contribution in [2.24, 2.45) is 5.92 Å². The van der Waals surface area contributed by atoms with Crippen molar-refractivity contribution in [1.82, 2.24) is 10.1 Å². The second-order valence-corrected chi connectivity index (χ2v) is 4.72. The first-order chi connectivity index (χ1) is 9.40. The van der Waals surface area contributed by atoms with Gasteiger partial charge in [0.25, 0.3) is 0 Å². The summed E-state index contributed by atoms with van der Waals surface area (Å²) >= 11 is 0. The van der Waals surface area contributed by atoms with E-state index in [1.807, 2.05) is 4.90 Å². The first-order valence-corrected chi connectivity index (χ1v) is 6.15. The van der Waals surface area contributed by atoms with Crippen molar-refractivity contribution >= 4 is 6.08 Å². The Morgan fingerprint density at radius 1 is 1.55 bits per heavy atom. The van der Waals surface area contributed by atoms with E-state index >= 15 is 0 Å². The fourth-order valence-corrected chi connectivity index (χ4v) is 2.01. The van der Waals surface area contributed by atoms with Gasteiger partial charge in [-0.2, -0.15) is 13.2 Å². The second kappa shape index (κ2) is 5.80. The molecule has 2 heterocycles.